The van der Waals surface area contributed by atoms with Crippen molar-refractivity contribution in [3.63, 3.8) is 0 Å². The van der Waals surface area contributed by atoms with Crippen molar-refractivity contribution in [1.29, 1.82) is 0 Å². The molecular formula is C31H39N7O4. The van der Waals surface area contributed by atoms with Crippen molar-refractivity contribution in [2.75, 3.05) is 24.1 Å². The SMILES string of the molecule is CC(C)(C)OC(N)=O.Cc1ccc(Oc2ccc3nc(N)cn3n2)cc1NC(=O)c1cccc(CN2CCCCC2)c1. The van der Waals surface area contributed by atoms with E-state index in [1.165, 1.54) is 19.3 Å². The van der Waals surface area contributed by atoms with Gasteiger partial charge in [0, 0.05) is 29.9 Å². The number of ether oxygens (including phenoxy) is 2. The van der Waals surface area contributed by atoms with Crippen molar-refractivity contribution in [2.24, 2.45) is 5.73 Å². The fraction of sp³-hybridized carbons (Fsp3) is 0.355. The third-order valence-electron chi connectivity index (χ3n) is 6.44. The van der Waals surface area contributed by atoms with Gasteiger partial charge in [-0.1, -0.05) is 24.6 Å². The third-order valence-corrected chi connectivity index (χ3v) is 6.44. The molecule has 0 aliphatic carbocycles. The number of benzene rings is 2. The number of imidazole rings is 1. The van der Waals surface area contributed by atoms with Gasteiger partial charge < -0.3 is 26.3 Å². The Morgan fingerprint density at radius 1 is 1.02 bits per heavy atom. The second-order valence-electron chi connectivity index (χ2n) is 11.2. The molecule has 1 saturated heterocycles. The van der Waals surface area contributed by atoms with E-state index in [0.29, 0.717) is 34.3 Å². The van der Waals surface area contributed by atoms with E-state index >= 15 is 0 Å². The predicted molar refractivity (Wildman–Crippen MR) is 163 cm³/mol. The zero-order valence-electron chi connectivity index (χ0n) is 24.6. The molecule has 0 bridgehead atoms. The second-order valence-corrected chi connectivity index (χ2v) is 11.2. The molecular weight excluding hydrogens is 534 g/mol. The largest absolute Gasteiger partial charge is 0.444 e. The predicted octanol–water partition coefficient (Wildman–Crippen LogP) is 5.53. The lowest BCUT2D eigenvalue weighted by Crippen LogP contribution is -2.29. The fourth-order valence-electron chi connectivity index (χ4n) is 4.54. The van der Waals surface area contributed by atoms with E-state index in [-0.39, 0.29) is 5.91 Å². The summed E-state index contributed by atoms with van der Waals surface area (Å²) >= 11 is 0. The van der Waals surface area contributed by atoms with E-state index in [2.05, 4.69) is 31.1 Å². The van der Waals surface area contributed by atoms with Gasteiger partial charge in [0.2, 0.25) is 5.88 Å². The van der Waals surface area contributed by atoms with Crippen molar-refractivity contribution in [2.45, 2.75) is 59.1 Å². The summed E-state index contributed by atoms with van der Waals surface area (Å²) in [5.41, 5.74) is 14.1. The van der Waals surface area contributed by atoms with Crippen LogP contribution in [0.25, 0.3) is 5.65 Å². The Labute approximate surface area is 245 Å². The summed E-state index contributed by atoms with van der Waals surface area (Å²) in [4.78, 5) is 29.7. The summed E-state index contributed by atoms with van der Waals surface area (Å²) in [5.74, 6) is 1.22. The molecule has 0 atom stereocenters. The quantitative estimate of drug-likeness (QED) is 0.272. The Bertz CT molecular complexity index is 1540. The highest BCUT2D eigenvalue weighted by molar-refractivity contribution is 6.04. The van der Waals surface area contributed by atoms with Gasteiger partial charge in [0.15, 0.2) is 5.65 Å². The molecule has 4 aromatic rings. The molecule has 1 aliphatic rings. The summed E-state index contributed by atoms with van der Waals surface area (Å²) in [7, 11) is 0. The van der Waals surface area contributed by atoms with Gasteiger partial charge in [-0.2, -0.15) is 0 Å². The highest BCUT2D eigenvalue weighted by Gasteiger charge is 2.14. The van der Waals surface area contributed by atoms with Crippen LogP contribution in [0, 0.1) is 6.92 Å². The number of nitrogens with zero attached hydrogens (tertiary/aromatic N) is 4. The van der Waals surface area contributed by atoms with Crippen molar-refractivity contribution in [3.05, 3.63) is 77.5 Å². The van der Waals surface area contributed by atoms with Crippen molar-refractivity contribution >= 4 is 29.2 Å². The molecule has 11 heteroatoms. The van der Waals surface area contributed by atoms with Gasteiger partial charge in [0.05, 0.1) is 6.20 Å². The molecule has 1 aliphatic heterocycles. The number of likely N-dealkylation sites (tertiary alicyclic amines) is 1. The molecule has 0 unspecified atom stereocenters. The van der Waals surface area contributed by atoms with Crippen LogP contribution in [0.15, 0.2) is 60.8 Å². The average molecular weight is 574 g/mol. The maximum Gasteiger partial charge on any atom is 0.405 e. The second kappa shape index (κ2) is 13.3. The van der Waals surface area contributed by atoms with E-state index < -0.39 is 11.7 Å². The Kier molecular flexibility index (Phi) is 9.64. The van der Waals surface area contributed by atoms with Gasteiger partial charge in [-0.25, -0.2) is 14.3 Å². The van der Waals surface area contributed by atoms with E-state index in [4.69, 9.17) is 16.2 Å². The molecule has 42 heavy (non-hydrogen) atoms. The summed E-state index contributed by atoms with van der Waals surface area (Å²) in [5, 5.41) is 7.40. The number of carbonyl (C=O) groups excluding carboxylic acids is 2. The standard InChI is InChI=1S/C26H28N6O2.C5H11NO2/c1-18-8-9-21(34-25-11-10-24-29-23(27)17-32(24)30-25)15-22(18)28-26(33)20-7-5-6-19(14-20)16-31-12-3-2-4-13-31;1-5(2,3)8-4(6)7/h5-11,14-15,17H,2-4,12-13,16,27H2,1H3,(H,28,33);1-3H3,(H2,6,7). The first-order valence-electron chi connectivity index (χ1n) is 14.0. The van der Waals surface area contributed by atoms with Crippen LogP contribution >= 0.6 is 0 Å². The third kappa shape index (κ3) is 8.93. The van der Waals surface area contributed by atoms with Crippen molar-refractivity contribution < 1.29 is 19.1 Å². The van der Waals surface area contributed by atoms with Crippen molar-refractivity contribution in [3.8, 4) is 11.6 Å². The molecule has 1 fully saturated rings. The maximum absolute atomic E-state index is 13.0. The van der Waals surface area contributed by atoms with E-state index in [0.717, 1.165) is 30.8 Å². The maximum atomic E-state index is 13.0. The molecule has 5 N–H and O–H groups in total. The van der Waals surface area contributed by atoms with Gasteiger partial charge >= 0.3 is 6.09 Å². The first kappa shape index (κ1) is 30.3. The lowest BCUT2D eigenvalue weighted by atomic mass is 10.1. The van der Waals surface area contributed by atoms with Gasteiger partial charge in [-0.15, -0.1) is 5.10 Å². The number of anilines is 2. The van der Waals surface area contributed by atoms with Crippen LogP contribution in [0.3, 0.4) is 0 Å². The number of aromatic nitrogens is 3. The Morgan fingerprint density at radius 3 is 2.48 bits per heavy atom. The number of fused-ring (bicyclic) bond motifs is 1. The number of nitrogen functional groups attached to an aromatic ring is 1. The summed E-state index contributed by atoms with van der Waals surface area (Å²) in [6, 6.07) is 16.9. The first-order chi connectivity index (χ1) is 19.9. The minimum atomic E-state index is -0.725. The molecule has 2 aromatic heterocycles. The average Bonchev–Trinajstić information content (AvgIpc) is 3.29. The van der Waals surface area contributed by atoms with E-state index in [1.54, 1.807) is 49.7 Å². The van der Waals surface area contributed by atoms with E-state index in [1.807, 2.05) is 37.3 Å². The van der Waals surface area contributed by atoms with Crippen LogP contribution < -0.4 is 21.5 Å². The van der Waals surface area contributed by atoms with Gasteiger partial charge in [-0.3, -0.25) is 9.69 Å². The van der Waals surface area contributed by atoms with Crippen LogP contribution in [0.1, 0.15) is 61.5 Å². The first-order valence-corrected chi connectivity index (χ1v) is 14.0. The highest BCUT2D eigenvalue weighted by atomic mass is 16.6. The summed E-state index contributed by atoms with van der Waals surface area (Å²) < 4.78 is 12.1. The molecule has 0 saturated carbocycles. The number of nitrogens with two attached hydrogens (primary N) is 2. The molecule has 2 aromatic carbocycles. The monoisotopic (exact) mass is 573 g/mol. The zero-order valence-corrected chi connectivity index (χ0v) is 24.6. The molecule has 0 radical (unpaired) electrons. The number of piperidine rings is 1. The number of hydrogen-bond donors (Lipinski definition) is 3. The van der Waals surface area contributed by atoms with Gasteiger partial charge in [-0.05, 0) is 89.0 Å². The number of nitrogens with one attached hydrogen (secondary N) is 1. The number of aryl methyl sites for hydroxylation is 1. The number of primary amides is 1. The molecule has 5 rings (SSSR count). The van der Waals surface area contributed by atoms with E-state index in [9.17, 15) is 9.59 Å². The van der Waals surface area contributed by atoms with Crippen LogP contribution in [0.4, 0.5) is 16.3 Å². The van der Waals surface area contributed by atoms with Crippen LogP contribution in [-0.4, -0.2) is 50.2 Å². The Hall–Kier alpha value is -4.64. The fourth-order valence-corrected chi connectivity index (χ4v) is 4.54. The summed E-state index contributed by atoms with van der Waals surface area (Å²) in [6.07, 6.45) is 4.71. The number of carbonyl (C=O) groups is 2. The lowest BCUT2D eigenvalue weighted by molar-refractivity contribution is 0.0600. The molecule has 0 spiro atoms. The van der Waals surface area contributed by atoms with Gasteiger partial charge in [0.1, 0.15) is 17.2 Å². The molecule has 11 nitrogen and oxygen atoms in total. The normalized spacial score (nSPS) is 13.6. The molecule has 3 heterocycles. The molecule has 2 amide bonds. The Balaban J connectivity index is 0.000000446. The van der Waals surface area contributed by atoms with Crippen LogP contribution in [-0.2, 0) is 11.3 Å². The zero-order chi connectivity index (χ0) is 30.3. The Morgan fingerprint density at radius 2 is 1.79 bits per heavy atom. The minimum Gasteiger partial charge on any atom is -0.444 e. The molecule has 222 valence electrons. The highest BCUT2D eigenvalue weighted by Crippen LogP contribution is 2.26. The number of amides is 2. The minimum absolute atomic E-state index is 0.144. The topological polar surface area (TPSA) is 150 Å². The van der Waals surface area contributed by atoms with Crippen LogP contribution in [0.5, 0.6) is 11.6 Å². The number of rotatable bonds is 6. The van der Waals surface area contributed by atoms with Gasteiger partial charge in [0.25, 0.3) is 5.91 Å². The van der Waals surface area contributed by atoms with Crippen molar-refractivity contribution in [1.82, 2.24) is 19.5 Å². The smallest absolute Gasteiger partial charge is 0.405 e. The summed E-state index contributed by atoms with van der Waals surface area (Å²) in [6.45, 7) is 10.4. The number of hydrogen-bond acceptors (Lipinski definition) is 8. The van der Waals surface area contributed by atoms with Crippen LogP contribution in [0.2, 0.25) is 0 Å². The lowest BCUT2D eigenvalue weighted by Gasteiger charge is -2.26.